The monoisotopic (exact) mass is 253 g/mol. The molecule has 0 radical (unpaired) electrons. The van der Waals surface area contributed by atoms with Gasteiger partial charge in [0.2, 0.25) is 5.91 Å². The molecule has 2 rings (SSSR count). The molecule has 0 bridgehead atoms. The van der Waals surface area contributed by atoms with E-state index in [-0.39, 0.29) is 24.9 Å². The largest absolute Gasteiger partial charge is 0.394 e. The lowest BCUT2D eigenvalue weighted by Gasteiger charge is -2.17. The van der Waals surface area contributed by atoms with Crippen LogP contribution in [-0.2, 0) is 10.2 Å². The van der Waals surface area contributed by atoms with Crippen molar-refractivity contribution in [1.82, 2.24) is 5.32 Å². The highest BCUT2D eigenvalue weighted by Gasteiger charge is 2.51. The molecule has 1 amide bonds. The molecule has 0 saturated heterocycles. The summed E-state index contributed by atoms with van der Waals surface area (Å²) in [7, 11) is 0. The summed E-state index contributed by atoms with van der Waals surface area (Å²) < 4.78 is 12.8. The summed E-state index contributed by atoms with van der Waals surface area (Å²) in [6.07, 6.45) is 0.497. The quantitative estimate of drug-likeness (QED) is 0.708. The number of hydrogen-bond acceptors (Lipinski definition) is 3. The van der Waals surface area contributed by atoms with Crippen molar-refractivity contribution in [3.8, 4) is 0 Å². The van der Waals surface area contributed by atoms with Gasteiger partial charge in [-0.05, 0) is 30.5 Å². The Hall–Kier alpha value is -1.46. The molecule has 0 aromatic heterocycles. The van der Waals surface area contributed by atoms with E-state index in [0.29, 0.717) is 0 Å². The van der Waals surface area contributed by atoms with Gasteiger partial charge in [-0.1, -0.05) is 12.1 Å². The van der Waals surface area contributed by atoms with Gasteiger partial charge in [-0.3, -0.25) is 4.79 Å². The van der Waals surface area contributed by atoms with E-state index in [1.807, 2.05) is 0 Å². The van der Waals surface area contributed by atoms with Crippen molar-refractivity contribution in [3.05, 3.63) is 35.6 Å². The summed E-state index contributed by atoms with van der Waals surface area (Å²) in [4.78, 5) is 12.0. The topological polar surface area (TPSA) is 69.6 Å². The summed E-state index contributed by atoms with van der Waals surface area (Å²) in [6.45, 7) is -0.359. The van der Waals surface area contributed by atoms with E-state index < -0.39 is 11.5 Å². The van der Waals surface area contributed by atoms with Gasteiger partial charge in [-0.2, -0.15) is 0 Å². The highest BCUT2D eigenvalue weighted by Crippen LogP contribution is 2.48. The van der Waals surface area contributed by atoms with Crippen molar-refractivity contribution in [2.45, 2.75) is 24.4 Å². The number of rotatable bonds is 5. The van der Waals surface area contributed by atoms with Crippen LogP contribution in [0.4, 0.5) is 4.39 Å². The molecule has 3 N–H and O–H groups in total. The predicted molar refractivity (Wildman–Crippen MR) is 63.4 cm³/mol. The number of aliphatic hydroxyl groups is 2. The van der Waals surface area contributed by atoms with E-state index in [9.17, 15) is 14.3 Å². The summed E-state index contributed by atoms with van der Waals surface area (Å²) in [5.74, 6) is -0.507. The Morgan fingerprint density at radius 2 is 2.00 bits per heavy atom. The second-order valence-electron chi connectivity index (χ2n) is 4.64. The molecule has 18 heavy (non-hydrogen) atoms. The lowest BCUT2D eigenvalue weighted by atomic mass is 9.95. The molecule has 5 heteroatoms. The van der Waals surface area contributed by atoms with Crippen LogP contribution >= 0.6 is 0 Å². The average Bonchev–Trinajstić information content (AvgIpc) is 3.17. The van der Waals surface area contributed by atoms with Gasteiger partial charge in [-0.15, -0.1) is 0 Å². The van der Waals surface area contributed by atoms with Gasteiger partial charge in [0.1, 0.15) is 5.82 Å². The first-order valence-electron chi connectivity index (χ1n) is 5.92. The van der Waals surface area contributed by atoms with Crippen molar-refractivity contribution in [2.24, 2.45) is 0 Å². The molecule has 0 spiro atoms. The fraction of sp³-hybridized carbons (Fsp3) is 0.462. The third-order valence-electron chi connectivity index (χ3n) is 3.29. The molecular weight excluding hydrogens is 237 g/mol. The smallest absolute Gasteiger partial charge is 0.230 e. The number of nitrogens with one attached hydrogen (secondary N) is 1. The normalized spacial score (nSPS) is 18.2. The second kappa shape index (κ2) is 5.04. The molecule has 1 atom stereocenters. The molecule has 0 heterocycles. The summed E-state index contributed by atoms with van der Waals surface area (Å²) in [5.41, 5.74) is 0.211. The third-order valence-corrected chi connectivity index (χ3v) is 3.29. The van der Waals surface area contributed by atoms with E-state index in [2.05, 4.69) is 5.32 Å². The maximum absolute atomic E-state index is 12.8. The number of aliphatic hydroxyl groups excluding tert-OH is 2. The Bertz CT molecular complexity index is 428. The van der Waals surface area contributed by atoms with Crippen LogP contribution in [0.15, 0.2) is 24.3 Å². The van der Waals surface area contributed by atoms with Gasteiger partial charge >= 0.3 is 0 Å². The predicted octanol–water partition coefficient (Wildman–Crippen LogP) is 0.327. The molecule has 98 valence electrons. The zero-order valence-corrected chi connectivity index (χ0v) is 9.90. The van der Waals surface area contributed by atoms with Gasteiger partial charge in [0.25, 0.3) is 0 Å². The lowest BCUT2D eigenvalue weighted by Crippen LogP contribution is -2.40. The van der Waals surface area contributed by atoms with E-state index in [4.69, 9.17) is 5.11 Å². The maximum Gasteiger partial charge on any atom is 0.230 e. The Balaban J connectivity index is 2.03. The fourth-order valence-electron chi connectivity index (χ4n) is 1.99. The number of carbonyl (C=O) groups is 1. The molecule has 1 aromatic carbocycles. The molecule has 4 nitrogen and oxygen atoms in total. The minimum Gasteiger partial charge on any atom is -0.394 e. The number of benzene rings is 1. The van der Waals surface area contributed by atoms with Crippen molar-refractivity contribution >= 4 is 5.91 Å². The fourth-order valence-corrected chi connectivity index (χ4v) is 1.99. The summed E-state index contributed by atoms with van der Waals surface area (Å²) >= 11 is 0. The van der Waals surface area contributed by atoms with Crippen molar-refractivity contribution in [3.63, 3.8) is 0 Å². The first kappa shape index (κ1) is 13.0. The van der Waals surface area contributed by atoms with Crippen LogP contribution in [0.5, 0.6) is 0 Å². The molecule has 0 aliphatic heterocycles. The molecule has 1 unspecified atom stereocenters. The minimum atomic E-state index is -0.946. The van der Waals surface area contributed by atoms with Gasteiger partial charge in [0, 0.05) is 6.54 Å². The number of amides is 1. The molecule has 1 aliphatic carbocycles. The van der Waals surface area contributed by atoms with E-state index in [0.717, 1.165) is 18.4 Å². The van der Waals surface area contributed by atoms with Gasteiger partial charge in [-0.25, -0.2) is 4.39 Å². The van der Waals surface area contributed by atoms with Crippen molar-refractivity contribution in [1.29, 1.82) is 0 Å². The molecular formula is C13H16FNO3. The van der Waals surface area contributed by atoms with Crippen LogP contribution in [0.1, 0.15) is 18.4 Å². The molecule has 1 fully saturated rings. The van der Waals surface area contributed by atoms with E-state index in [1.165, 1.54) is 12.1 Å². The van der Waals surface area contributed by atoms with Crippen LogP contribution in [0, 0.1) is 5.82 Å². The zero-order chi connectivity index (χ0) is 13.2. The number of carbonyl (C=O) groups excluding carboxylic acids is 1. The standard InChI is InChI=1S/C13H16FNO3/c14-10-3-1-9(2-4-10)13(5-6-13)12(18)15-7-11(17)8-16/h1-4,11,16-17H,5-8H2,(H,15,18). The second-order valence-corrected chi connectivity index (χ2v) is 4.64. The minimum absolute atomic E-state index is 0.0261. The Morgan fingerprint density at radius 3 is 2.50 bits per heavy atom. The van der Waals surface area contributed by atoms with Crippen molar-refractivity contribution < 1.29 is 19.4 Å². The maximum atomic E-state index is 12.8. The van der Waals surface area contributed by atoms with Crippen LogP contribution < -0.4 is 5.32 Å². The Labute approximate surface area is 104 Å². The Morgan fingerprint density at radius 1 is 1.39 bits per heavy atom. The third kappa shape index (κ3) is 2.52. The first-order chi connectivity index (χ1) is 8.58. The van der Waals surface area contributed by atoms with Crippen molar-refractivity contribution in [2.75, 3.05) is 13.2 Å². The highest BCUT2D eigenvalue weighted by molar-refractivity contribution is 5.91. The van der Waals surface area contributed by atoms with Crippen LogP contribution in [-0.4, -0.2) is 35.4 Å². The van der Waals surface area contributed by atoms with Gasteiger partial charge in [0.15, 0.2) is 0 Å². The van der Waals surface area contributed by atoms with Gasteiger partial charge in [0.05, 0.1) is 18.1 Å². The number of hydrogen-bond donors (Lipinski definition) is 3. The summed E-state index contributed by atoms with van der Waals surface area (Å²) in [6, 6.07) is 5.91. The lowest BCUT2D eigenvalue weighted by molar-refractivity contribution is -0.124. The average molecular weight is 253 g/mol. The number of halogens is 1. The Kier molecular flexibility index (Phi) is 3.63. The van der Waals surface area contributed by atoms with Gasteiger partial charge < -0.3 is 15.5 Å². The first-order valence-corrected chi connectivity index (χ1v) is 5.92. The molecule has 1 aromatic rings. The van der Waals surface area contributed by atoms with Crippen LogP contribution in [0.3, 0.4) is 0 Å². The molecule has 1 saturated carbocycles. The zero-order valence-electron chi connectivity index (χ0n) is 9.90. The van der Waals surface area contributed by atoms with Crippen LogP contribution in [0.2, 0.25) is 0 Å². The highest BCUT2D eigenvalue weighted by atomic mass is 19.1. The van der Waals surface area contributed by atoms with Crippen LogP contribution in [0.25, 0.3) is 0 Å². The molecule has 1 aliphatic rings. The van der Waals surface area contributed by atoms with E-state index in [1.54, 1.807) is 12.1 Å². The summed E-state index contributed by atoms with van der Waals surface area (Å²) in [5, 5.41) is 20.5. The van der Waals surface area contributed by atoms with E-state index >= 15 is 0 Å². The SMILES string of the molecule is O=C(NCC(O)CO)C1(c2ccc(F)cc2)CC1.